The van der Waals surface area contributed by atoms with Crippen LogP contribution < -0.4 is 20.3 Å². The molecule has 1 saturated heterocycles. The van der Waals surface area contributed by atoms with E-state index < -0.39 is 0 Å². The molecule has 0 saturated carbocycles. The second kappa shape index (κ2) is 11.8. The van der Waals surface area contributed by atoms with Crippen molar-refractivity contribution in [3.8, 4) is 5.75 Å². The highest BCUT2D eigenvalue weighted by atomic mass is 127. The number of piperazine rings is 1. The first kappa shape index (κ1) is 22.3. The van der Waals surface area contributed by atoms with E-state index in [-0.39, 0.29) is 36.4 Å². The maximum atomic E-state index is 11.6. The van der Waals surface area contributed by atoms with Crippen molar-refractivity contribution in [2.45, 2.75) is 13.8 Å². The molecule has 0 radical (unpaired) electrons. The number of nitrogens with one attached hydrogen (secondary N) is 2. The number of benzene rings is 1. The summed E-state index contributed by atoms with van der Waals surface area (Å²) >= 11 is 0. The topological polar surface area (TPSA) is 69.2 Å². The molecule has 0 aromatic heterocycles. The van der Waals surface area contributed by atoms with Gasteiger partial charge >= 0.3 is 0 Å². The van der Waals surface area contributed by atoms with Gasteiger partial charge in [-0.1, -0.05) is 0 Å². The Hall–Kier alpha value is -1.71. The van der Waals surface area contributed by atoms with Crippen LogP contribution in [-0.4, -0.2) is 69.7 Å². The van der Waals surface area contributed by atoms with E-state index >= 15 is 0 Å². The Kier molecular flexibility index (Phi) is 10.2. The number of likely N-dealkylation sites (N-methyl/N-ethyl adjacent to an activating group) is 1. The van der Waals surface area contributed by atoms with E-state index in [0.717, 1.165) is 44.4 Å². The van der Waals surface area contributed by atoms with Gasteiger partial charge in [0.05, 0.1) is 7.11 Å². The van der Waals surface area contributed by atoms with E-state index in [1.807, 2.05) is 26.0 Å². The van der Waals surface area contributed by atoms with E-state index in [9.17, 15) is 4.79 Å². The minimum absolute atomic E-state index is 0. The second-order valence-corrected chi connectivity index (χ2v) is 5.80. The highest BCUT2D eigenvalue weighted by Gasteiger charge is 2.20. The van der Waals surface area contributed by atoms with Gasteiger partial charge in [0.25, 0.3) is 0 Å². The highest BCUT2D eigenvalue weighted by Crippen LogP contribution is 2.20. The van der Waals surface area contributed by atoms with E-state index in [2.05, 4.69) is 37.6 Å². The van der Waals surface area contributed by atoms with Crippen LogP contribution in [0.1, 0.15) is 13.8 Å². The first-order valence-electron chi connectivity index (χ1n) is 8.86. The minimum Gasteiger partial charge on any atom is -0.497 e. The number of carbonyl (C=O) groups is 1. The molecule has 0 unspecified atom stereocenters. The molecule has 1 aromatic carbocycles. The average molecular weight is 475 g/mol. The quantitative estimate of drug-likeness (QED) is 0.371. The SMILES string of the molecule is CCNC(=O)CN=C(NCC)N1CCN(c2ccc(OC)cc2)CC1.I. The van der Waals surface area contributed by atoms with Gasteiger partial charge in [0.1, 0.15) is 12.3 Å². The van der Waals surface area contributed by atoms with Crippen molar-refractivity contribution in [2.75, 3.05) is 57.8 Å². The van der Waals surface area contributed by atoms with E-state index in [0.29, 0.717) is 6.54 Å². The lowest BCUT2D eigenvalue weighted by Gasteiger charge is -2.37. The lowest BCUT2D eigenvalue weighted by atomic mass is 10.2. The molecule has 8 heteroatoms. The molecule has 146 valence electrons. The lowest BCUT2D eigenvalue weighted by molar-refractivity contribution is -0.119. The van der Waals surface area contributed by atoms with Crippen LogP contribution in [0.3, 0.4) is 0 Å². The molecule has 26 heavy (non-hydrogen) atoms. The number of guanidine groups is 1. The van der Waals surface area contributed by atoms with E-state index in [1.54, 1.807) is 7.11 Å². The van der Waals surface area contributed by atoms with Crippen molar-refractivity contribution in [2.24, 2.45) is 4.99 Å². The minimum atomic E-state index is -0.0465. The van der Waals surface area contributed by atoms with Gasteiger partial charge in [0.15, 0.2) is 5.96 Å². The zero-order valence-electron chi connectivity index (χ0n) is 15.8. The molecule has 1 aliphatic heterocycles. The molecule has 1 aliphatic rings. The highest BCUT2D eigenvalue weighted by molar-refractivity contribution is 14.0. The largest absolute Gasteiger partial charge is 0.497 e. The molecule has 0 aliphatic carbocycles. The molecule has 1 fully saturated rings. The van der Waals surface area contributed by atoms with Gasteiger partial charge in [-0.25, -0.2) is 4.99 Å². The number of methoxy groups -OCH3 is 1. The molecule has 0 spiro atoms. The predicted molar refractivity (Wildman–Crippen MR) is 117 cm³/mol. The predicted octanol–water partition coefficient (Wildman–Crippen LogP) is 1.54. The first-order valence-corrected chi connectivity index (χ1v) is 8.86. The van der Waals surface area contributed by atoms with Crippen molar-refractivity contribution >= 4 is 41.5 Å². The van der Waals surface area contributed by atoms with Crippen LogP contribution in [0.5, 0.6) is 5.75 Å². The summed E-state index contributed by atoms with van der Waals surface area (Å²) in [5, 5.41) is 6.05. The van der Waals surface area contributed by atoms with Gasteiger partial charge in [-0.3, -0.25) is 4.79 Å². The summed E-state index contributed by atoms with van der Waals surface area (Å²) < 4.78 is 5.21. The lowest BCUT2D eigenvalue weighted by Crippen LogP contribution is -2.52. The number of aliphatic imine (C=N–C) groups is 1. The molecule has 7 nitrogen and oxygen atoms in total. The zero-order valence-corrected chi connectivity index (χ0v) is 18.2. The third kappa shape index (κ3) is 6.54. The third-order valence-corrected chi connectivity index (χ3v) is 4.10. The zero-order chi connectivity index (χ0) is 18.1. The van der Waals surface area contributed by atoms with Crippen LogP contribution in [0.2, 0.25) is 0 Å². The van der Waals surface area contributed by atoms with Crippen LogP contribution >= 0.6 is 24.0 Å². The summed E-state index contributed by atoms with van der Waals surface area (Å²) in [6.45, 7) is 9.09. The third-order valence-electron chi connectivity index (χ3n) is 4.10. The number of carbonyl (C=O) groups excluding carboxylic acids is 1. The fourth-order valence-electron chi connectivity index (χ4n) is 2.80. The fraction of sp³-hybridized carbons (Fsp3) is 0.556. The molecule has 2 N–H and O–H groups in total. The number of hydrogen-bond acceptors (Lipinski definition) is 4. The van der Waals surface area contributed by atoms with Gasteiger partial charge in [-0.2, -0.15) is 0 Å². The van der Waals surface area contributed by atoms with Crippen LogP contribution in [-0.2, 0) is 4.79 Å². The van der Waals surface area contributed by atoms with Crippen LogP contribution in [0, 0.1) is 0 Å². The van der Waals surface area contributed by atoms with Gasteiger partial charge in [0.2, 0.25) is 5.91 Å². The molecule has 2 rings (SSSR count). The van der Waals surface area contributed by atoms with Crippen molar-refractivity contribution < 1.29 is 9.53 Å². The Balaban J connectivity index is 0.00000338. The van der Waals surface area contributed by atoms with Crippen LogP contribution in [0.15, 0.2) is 29.3 Å². The normalized spacial score (nSPS) is 14.5. The fourth-order valence-corrected chi connectivity index (χ4v) is 2.80. The summed E-state index contributed by atoms with van der Waals surface area (Å²) in [5.74, 6) is 1.63. The van der Waals surface area contributed by atoms with Crippen LogP contribution in [0.4, 0.5) is 5.69 Å². The first-order chi connectivity index (χ1) is 12.2. The summed E-state index contributed by atoms with van der Waals surface area (Å²) in [6.07, 6.45) is 0. The summed E-state index contributed by atoms with van der Waals surface area (Å²) in [6, 6.07) is 8.14. The molecule has 1 aromatic rings. The molecule has 1 amide bonds. The number of amides is 1. The number of nitrogens with zero attached hydrogens (tertiary/aromatic N) is 3. The molecule has 1 heterocycles. The second-order valence-electron chi connectivity index (χ2n) is 5.80. The van der Waals surface area contributed by atoms with Gasteiger partial charge in [-0.15, -0.1) is 24.0 Å². The number of hydrogen-bond donors (Lipinski definition) is 2. The Morgan fingerprint density at radius 1 is 1.08 bits per heavy atom. The maximum absolute atomic E-state index is 11.6. The van der Waals surface area contributed by atoms with Crippen molar-refractivity contribution in [3.05, 3.63) is 24.3 Å². The van der Waals surface area contributed by atoms with Gasteiger partial charge in [0, 0.05) is 45.0 Å². The average Bonchev–Trinajstić information content (AvgIpc) is 2.65. The number of anilines is 1. The molecular weight excluding hydrogens is 445 g/mol. The molecule has 0 atom stereocenters. The van der Waals surface area contributed by atoms with Gasteiger partial charge < -0.3 is 25.2 Å². The summed E-state index contributed by atoms with van der Waals surface area (Å²) in [4.78, 5) is 20.7. The number of halogens is 1. The van der Waals surface area contributed by atoms with Crippen LogP contribution in [0.25, 0.3) is 0 Å². The van der Waals surface area contributed by atoms with Crippen molar-refractivity contribution in [1.82, 2.24) is 15.5 Å². The monoisotopic (exact) mass is 475 g/mol. The molecular formula is C18H30IN5O2. The Morgan fingerprint density at radius 3 is 2.23 bits per heavy atom. The maximum Gasteiger partial charge on any atom is 0.241 e. The van der Waals surface area contributed by atoms with E-state index in [4.69, 9.17) is 4.74 Å². The van der Waals surface area contributed by atoms with Crippen molar-refractivity contribution in [3.63, 3.8) is 0 Å². The number of rotatable bonds is 6. The molecule has 0 bridgehead atoms. The summed E-state index contributed by atoms with van der Waals surface area (Å²) in [7, 11) is 1.68. The van der Waals surface area contributed by atoms with E-state index in [1.165, 1.54) is 5.69 Å². The van der Waals surface area contributed by atoms with Gasteiger partial charge in [-0.05, 0) is 38.1 Å². The Labute approximate surface area is 173 Å². The standard InChI is InChI=1S/C18H29N5O2.HI/c1-4-19-17(24)14-21-18(20-5-2)23-12-10-22(11-13-23)15-6-8-16(25-3)9-7-15;/h6-9H,4-5,10-14H2,1-3H3,(H,19,24)(H,20,21);1H. The smallest absolute Gasteiger partial charge is 0.241 e. The number of ether oxygens (including phenoxy) is 1. The van der Waals surface area contributed by atoms with Crippen molar-refractivity contribution in [1.29, 1.82) is 0 Å². The Morgan fingerprint density at radius 2 is 1.69 bits per heavy atom. The summed E-state index contributed by atoms with van der Waals surface area (Å²) in [5.41, 5.74) is 1.20. The Bertz CT molecular complexity index is 571.